The van der Waals surface area contributed by atoms with Crippen molar-refractivity contribution >= 4 is 23.2 Å². The molecule has 0 atom stereocenters. The van der Waals surface area contributed by atoms with Gasteiger partial charge < -0.3 is 9.84 Å². The number of halogens is 2. The summed E-state index contributed by atoms with van der Waals surface area (Å²) < 4.78 is 5.76. The lowest BCUT2D eigenvalue weighted by molar-refractivity contribution is 0.0846. The second-order valence-corrected chi connectivity index (χ2v) is 5.14. The van der Waals surface area contributed by atoms with Crippen molar-refractivity contribution < 1.29 is 9.84 Å². The van der Waals surface area contributed by atoms with Crippen LogP contribution >= 0.6 is 23.2 Å². The minimum absolute atomic E-state index is 0.0552. The van der Waals surface area contributed by atoms with E-state index in [-0.39, 0.29) is 16.4 Å². The van der Waals surface area contributed by atoms with Gasteiger partial charge >= 0.3 is 0 Å². The van der Waals surface area contributed by atoms with Gasteiger partial charge in [0.2, 0.25) is 0 Å². The van der Waals surface area contributed by atoms with Gasteiger partial charge in [0.15, 0.2) is 5.75 Å². The zero-order chi connectivity index (χ0) is 11.2. The van der Waals surface area contributed by atoms with E-state index in [0.29, 0.717) is 10.8 Å². The Labute approximate surface area is 98.8 Å². The van der Waals surface area contributed by atoms with Crippen LogP contribution in [0.2, 0.25) is 10.0 Å². The zero-order valence-electron chi connectivity index (χ0n) is 8.60. The highest BCUT2D eigenvalue weighted by Gasteiger charge is 2.29. The third-order valence-corrected chi connectivity index (χ3v) is 3.31. The van der Waals surface area contributed by atoms with Crippen LogP contribution in [0.4, 0.5) is 0 Å². The lowest BCUT2D eigenvalue weighted by Crippen LogP contribution is -2.32. The average Bonchev–Trinajstić information content (AvgIpc) is 2.12. The van der Waals surface area contributed by atoms with E-state index in [2.05, 4.69) is 0 Å². The number of fused-ring (bicyclic) bond motifs is 1. The normalized spacial score (nSPS) is 18.1. The smallest absolute Gasteiger partial charge is 0.153 e. The van der Waals surface area contributed by atoms with E-state index < -0.39 is 0 Å². The Morgan fingerprint density at radius 1 is 1.40 bits per heavy atom. The fourth-order valence-corrected chi connectivity index (χ4v) is 2.26. The largest absolute Gasteiger partial charge is 0.505 e. The van der Waals surface area contributed by atoms with Crippen LogP contribution in [-0.2, 0) is 6.42 Å². The monoisotopic (exact) mass is 246 g/mol. The molecule has 2 rings (SSSR count). The molecule has 1 aliphatic rings. The van der Waals surface area contributed by atoms with Crippen LogP contribution < -0.4 is 4.74 Å². The highest BCUT2D eigenvalue weighted by atomic mass is 35.5. The van der Waals surface area contributed by atoms with E-state index in [9.17, 15) is 5.11 Å². The number of aromatic hydroxyl groups is 1. The summed E-state index contributed by atoms with van der Waals surface area (Å²) in [5.74, 6) is 0.624. The van der Waals surface area contributed by atoms with Crippen molar-refractivity contribution in [2.75, 3.05) is 0 Å². The molecule has 0 saturated heterocycles. The Morgan fingerprint density at radius 2 is 2.07 bits per heavy atom. The first-order valence-electron chi connectivity index (χ1n) is 4.79. The van der Waals surface area contributed by atoms with Crippen LogP contribution in [0.25, 0.3) is 0 Å². The number of phenols is 1. The molecule has 1 aromatic carbocycles. The molecule has 0 aromatic heterocycles. The SMILES string of the molecule is CC1(C)CCc2c(cc(Cl)c(O)c2Cl)O1. The summed E-state index contributed by atoms with van der Waals surface area (Å²) in [6.45, 7) is 4.04. The molecule has 1 N–H and O–H groups in total. The van der Waals surface area contributed by atoms with Gasteiger partial charge in [-0.15, -0.1) is 0 Å². The molecular formula is C11H12Cl2O2. The fraction of sp³-hybridized carbons (Fsp3) is 0.455. The van der Waals surface area contributed by atoms with E-state index in [4.69, 9.17) is 27.9 Å². The molecule has 1 aliphatic heterocycles. The number of rotatable bonds is 0. The third-order valence-electron chi connectivity index (χ3n) is 2.62. The maximum Gasteiger partial charge on any atom is 0.153 e. The van der Waals surface area contributed by atoms with Crippen molar-refractivity contribution in [1.82, 2.24) is 0 Å². The summed E-state index contributed by atoms with van der Waals surface area (Å²) in [5, 5.41) is 10.1. The van der Waals surface area contributed by atoms with E-state index in [1.165, 1.54) is 0 Å². The van der Waals surface area contributed by atoms with Crippen molar-refractivity contribution in [2.45, 2.75) is 32.3 Å². The van der Waals surface area contributed by atoms with Crippen molar-refractivity contribution in [3.63, 3.8) is 0 Å². The minimum Gasteiger partial charge on any atom is -0.505 e. The van der Waals surface area contributed by atoms with Gasteiger partial charge in [-0.3, -0.25) is 0 Å². The Balaban J connectivity index is 2.54. The first kappa shape index (κ1) is 10.9. The second-order valence-electron chi connectivity index (χ2n) is 4.36. The highest BCUT2D eigenvalue weighted by molar-refractivity contribution is 6.37. The summed E-state index contributed by atoms with van der Waals surface area (Å²) in [4.78, 5) is 0. The highest BCUT2D eigenvalue weighted by Crippen LogP contribution is 2.44. The molecular weight excluding hydrogens is 235 g/mol. The predicted molar refractivity (Wildman–Crippen MR) is 61.2 cm³/mol. The molecule has 0 unspecified atom stereocenters. The van der Waals surface area contributed by atoms with Crippen LogP contribution in [0.1, 0.15) is 25.8 Å². The van der Waals surface area contributed by atoms with Crippen LogP contribution in [0, 0.1) is 0 Å². The maximum absolute atomic E-state index is 9.57. The molecule has 1 aromatic rings. The molecule has 1 heterocycles. The number of hydrogen-bond donors (Lipinski definition) is 1. The Bertz CT molecular complexity index is 414. The summed E-state index contributed by atoms with van der Waals surface area (Å²) in [6, 6.07) is 1.62. The van der Waals surface area contributed by atoms with Crippen LogP contribution in [0.15, 0.2) is 6.07 Å². The van der Waals surface area contributed by atoms with Gasteiger partial charge in [0.05, 0.1) is 10.0 Å². The summed E-state index contributed by atoms with van der Waals surface area (Å²) in [6.07, 6.45) is 1.67. The third kappa shape index (κ3) is 1.88. The van der Waals surface area contributed by atoms with Crippen LogP contribution in [-0.4, -0.2) is 10.7 Å². The van der Waals surface area contributed by atoms with Gasteiger partial charge in [-0.25, -0.2) is 0 Å². The molecule has 0 radical (unpaired) electrons. The molecule has 0 fully saturated rings. The molecule has 82 valence electrons. The first-order valence-corrected chi connectivity index (χ1v) is 5.55. The van der Waals surface area contributed by atoms with Gasteiger partial charge in [0.25, 0.3) is 0 Å². The Kier molecular flexibility index (Phi) is 2.52. The lowest BCUT2D eigenvalue weighted by atomic mass is 9.94. The van der Waals surface area contributed by atoms with Crippen molar-refractivity contribution in [3.8, 4) is 11.5 Å². The Morgan fingerprint density at radius 3 is 2.73 bits per heavy atom. The number of phenolic OH excluding ortho intramolecular Hbond substituents is 1. The number of benzene rings is 1. The molecule has 0 saturated carbocycles. The molecule has 0 spiro atoms. The Hall–Kier alpha value is -0.600. The standard InChI is InChI=1S/C11H12Cl2O2/c1-11(2)4-3-6-8(15-11)5-7(12)10(14)9(6)13/h5,14H,3-4H2,1-2H3. The predicted octanol–water partition coefficient (Wildman–Crippen LogP) is 3.80. The van der Waals surface area contributed by atoms with Crippen LogP contribution in [0.5, 0.6) is 11.5 Å². The van der Waals surface area contributed by atoms with E-state index in [1.807, 2.05) is 13.8 Å². The topological polar surface area (TPSA) is 29.5 Å². The van der Waals surface area contributed by atoms with Crippen molar-refractivity contribution in [2.24, 2.45) is 0 Å². The molecule has 4 heteroatoms. The maximum atomic E-state index is 9.57. The minimum atomic E-state index is -0.198. The van der Waals surface area contributed by atoms with Gasteiger partial charge in [-0.05, 0) is 26.7 Å². The fourth-order valence-electron chi connectivity index (χ4n) is 1.73. The molecule has 15 heavy (non-hydrogen) atoms. The van der Waals surface area contributed by atoms with E-state index in [1.54, 1.807) is 6.07 Å². The molecule has 2 nitrogen and oxygen atoms in total. The summed E-state index contributed by atoms with van der Waals surface area (Å²) >= 11 is 11.8. The quantitative estimate of drug-likeness (QED) is 0.755. The van der Waals surface area contributed by atoms with Gasteiger partial charge in [0, 0.05) is 11.6 Å². The van der Waals surface area contributed by atoms with Gasteiger partial charge in [-0.2, -0.15) is 0 Å². The van der Waals surface area contributed by atoms with Crippen molar-refractivity contribution in [1.29, 1.82) is 0 Å². The lowest BCUT2D eigenvalue weighted by Gasteiger charge is -2.33. The van der Waals surface area contributed by atoms with Crippen molar-refractivity contribution in [3.05, 3.63) is 21.7 Å². The second kappa shape index (κ2) is 3.46. The van der Waals surface area contributed by atoms with Gasteiger partial charge in [-0.1, -0.05) is 23.2 Å². The number of ether oxygens (including phenoxy) is 1. The zero-order valence-corrected chi connectivity index (χ0v) is 10.1. The van der Waals surface area contributed by atoms with Crippen LogP contribution in [0.3, 0.4) is 0 Å². The average molecular weight is 247 g/mol. The van der Waals surface area contributed by atoms with E-state index >= 15 is 0 Å². The van der Waals surface area contributed by atoms with E-state index in [0.717, 1.165) is 18.4 Å². The molecule has 0 bridgehead atoms. The molecule has 0 aliphatic carbocycles. The van der Waals surface area contributed by atoms with Gasteiger partial charge in [0.1, 0.15) is 11.4 Å². The molecule has 0 amide bonds. The summed E-state index contributed by atoms with van der Waals surface area (Å²) in [5.41, 5.74) is 0.647. The number of hydrogen-bond acceptors (Lipinski definition) is 2. The first-order chi connectivity index (χ1) is 6.91. The summed E-state index contributed by atoms with van der Waals surface area (Å²) in [7, 11) is 0.